The number of para-hydroxylation sites is 1. The Morgan fingerprint density at radius 1 is 0.943 bits per heavy atom. The van der Waals surface area contributed by atoms with Gasteiger partial charge in [-0.1, -0.05) is 36.4 Å². The number of aromatic nitrogens is 1. The molecule has 0 bridgehead atoms. The van der Waals surface area contributed by atoms with Crippen LogP contribution in [0.2, 0.25) is 0 Å². The van der Waals surface area contributed by atoms with Gasteiger partial charge in [0, 0.05) is 46.1 Å². The summed E-state index contributed by atoms with van der Waals surface area (Å²) >= 11 is 0. The van der Waals surface area contributed by atoms with Crippen molar-refractivity contribution < 1.29 is 9.59 Å². The minimum absolute atomic E-state index is 0.00105. The average molecular weight is 471 g/mol. The summed E-state index contributed by atoms with van der Waals surface area (Å²) < 4.78 is 2.25. The maximum absolute atomic E-state index is 13.3. The van der Waals surface area contributed by atoms with Crippen LogP contribution in [-0.2, 0) is 11.3 Å². The Kier molecular flexibility index (Phi) is 7.30. The van der Waals surface area contributed by atoms with Gasteiger partial charge in [-0.3, -0.25) is 14.6 Å². The number of rotatable bonds is 9. The number of amides is 2. The van der Waals surface area contributed by atoms with Crippen molar-refractivity contribution >= 4 is 45.3 Å². The lowest BCUT2D eigenvalue weighted by molar-refractivity contribution is -0.118. The number of nitrogens with two attached hydrogens (primary N) is 2. The minimum Gasteiger partial charge on any atom is -0.370 e. The molecule has 4 rings (SSSR count). The van der Waals surface area contributed by atoms with Gasteiger partial charge in [-0.25, -0.2) is 0 Å². The highest BCUT2D eigenvalue weighted by Gasteiger charge is 2.22. The summed E-state index contributed by atoms with van der Waals surface area (Å²) in [5, 5.41) is 8.04. The number of aliphatic imine (C=N–C) groups is 1. The van der Waals surface area contributed by atoms with Crippen molar-refractivity contribution in [3.63, 3.8) is 0 Å². The van der Waals surface area contributed by atoms with Gasteiger partial charge in [0.2, 0.25) is 5.91 Å². The summed E-state index contributed by atoms with van der Waals surface area (Å²) in [4.78, 5) is 30.0. The summed E-state index contributed by atoms with van der Waals surface area (Å²) in [6.07, 6.45) is 0.923. The van der Waals surface area contributed by atoms with E-state index in [1.54, 1.807) is 24.3 Å². The van der Waals surface area contributed by atoms with Crippen molar-refractivity contribution in [1.29, 1.82) is 0 Å². The number of hydrogen-bond acceptors (Lipinski definition) is 3. The number of guanidine groups is 1. The highest BCUT2D eigenvalue weighted by atomic mass is 16.2. The topological polar surface area (TPSA) is 128 Å². The van der Waals surface area contributed by atoms with Crippen LogP contribution in [0.5, 0.6) is 0 Å². The molecule has 35 heavy (non-hydrogen) atoms. The number of nitrogens with zero attached hydrogens (tertiary/aromatic N) is 2. The first-order valence-corrected chi connectivity index (χ1v) is 11.7. The lowest BCUT2D eigenvalue weighted by Gasteiger charge is -2.18. The fraction of sp³-hybridized carbons (Fsp3) is 0.222. The molecule has 0 saturated heterocycles. The molecule has 0 unspecified atom stereocenters. The number of hydrogen-bond donors (Lipinski definition) is 4. The van der Waals surface area contributed by atoms with E-state index in [2.05, 4.69) is 39.2 Å². The predicted molar refractivity (Wildman–Crippen MR) is 141 cm³/mol. The highest BCUT2D eigenvalue weighted by Crippen LogP contribution is 2.31. The summed E-state index contributed by atoms with van der Waals surface area (Å²) in [5.74, 6) is -0.606. The molecule has 0 aliphatic carbocycles. The lowest BCUT2D eigenvalue weighted by atomic mass is 10.1. The molecule has 8 nitrogen and oxygen atoms in total. The second-order valence-electron chi connectivity index (χ2n) is 8.32. The van der Waals surface area contributed by atoms with Crippen molar-refractivity contribution in [2.45, 2.75) is 32.4 Å². The molecular formula is C27H30N6O2. The third-order valence-corrected chi connectivity index (χ3v) is 5.96. The van der Waals surface area contributed by atoms with Crippen LogP contribution in [0.15, 0.2) is 77.8 Å². The van der Waals surface area contributed by atoms with E-state index in [0.29, 0.717) is 30.6 Å². The Morgan fingerprint density at radius 3 is 2.40 bits per heavy atom. The van der Waals surface area contributed by atoms with Gasteiger partial charge in [-0.2, -0.15) is 0 Å². The normalized spacial score (nSPS) is 11.8. The molecule has 1 atom stereocenters. The molecule has 2 amide bonds. The second-order valence-corrected chi connectivity index (χ2v) is 8.32. The van der Waals surface area contributed by atoms with Crippen molar-refractivity contribution in [1.82, 2.24) is 9.88 Å². The van der Waals surface area contributed by atoms with Gasteiger partial charge in [-0.05, 0) is 56.2 Å². The van der Waals surface area contributed by atoms with Gasteiger partial charge in [0.1, 0.15) is 6.04 Å². The molecule has 0 aliphatic rings. The first-order chi connectivity index (χ1) is 17.0. The van der Waals surface area contributed by atoms with Gasteiger partial charge in [-0.15, -0.1) is 0 Å². The Balaban J connectivity index is 1.56. The maximum Gasteiger partial charge on any atom is 0.251 e. The van der Waals surface area contributed by atoms with E-state index in [-0.39, 0.29) is 17.8 Å². The highest BCUT2D eigenvalue weighted by molar-refractivity contribution is 6.10. The van der Waals surface area contributed by atoms with Crippen molar-refractivity contribution in [3.8, 4) is 0 Å². The van der Waals surface area contributed by atoms with Gasteiger partial charge >= 0.3 is 0 Å². The summed E-state index contributed by atoms with van der Waals surface area (Å²) in [6, 6.07) is 22.2. The first kappa shape index (κ1) is 23.8. The zero-order valence-electron chi connectivity index (χ0n) is 19.7. The van der Waals surface area contributed by atoms with E-state index >= 15 is 0 Å². The first-order valence-electron chi connectivity index (χ1n) is 11.7. The molecule has 4 aromatic rings. The van der Waals surface area contributed by atoms with Crippen LogP contribution in [0, 0.1) is 0 Å². The number of nitrogens with one attached hydrogen (secondary N) is 2. The zero-order valence-corrected chi connectivity index (χ0v) is 19.7. The largest absolute Gasteiger partial charge is 0.370 e. The van der Waals surface area contributed by atoms with Crippen molar-refractivity contribution in [2.75, 3.05) is 11.9 Å². The van der Waals surface area contributed by atoms with E-state index in [1.165, 1.54) is 0 Å². The fourth-order valence-corrected chi connectivity index (χ4v) is 4.30. The van der Waals surface area contributed by atoms with Crippen LogP contribution in [0.4, 0.5) is 5.69 Å². The fourth-order valence-electron chi connectivity index (χ4n) is 4.30. The second kappa shape index (κ2) is 10.7. The number of carbonyl (C=O) groups is 2. The Labute approximate surface area is 204 Å². The SMILES string of the molecule is CCn1c2ccccc2c2cc(NC(=O)[C@H](CCCN=C(N)N)NC(=O)c3ccccc3)ccc21. The Bertz CT molecular complexity index is 1370. The lowest BCUT2D eigenvalue weighted by Crippen LogP contribution is -2.44. The van der Waals surface area contributed by atoms with Crippen molar-refractivity contribution in [2.24, 2.45) is 16.5 Å². The molecule has 1 aromatic heterocycles. The van der Waals surface area contributed by atoms with Crippen LogP contribution < -0.4 is 22.1 Å². The third-order valence-electron chi connectivity index (χ3n) is 5.96. The van der Waals surface area contributed by atoms with Crippen LogP contribution in [0.1, 0.15) is 30.1 Å². The smallest absolute Gasteiger partial charge is 0.251 e. The number of anilines is 1. The van der Waals surface area contributed by atoms with Gasteiger partial charge in [0.25, 0.3) is 5.91 Å². The van der Waals surface area contributed by atoms with E-state index in [0.717, 1.165) is 28.4 Å². The quantitative estimate of drug-likeness (QED) is 0.169. The van der Waals surface area contributed by atoms with E-state index in [1.807, 2.05) is 36.4 Å². The van der Waals surface area contributed by atoms with Gasteiger partial charge < -0.3 is 26.7 Å². The minimum atomic E-state index is -0.746. The van der Waals surface area contributed by atoms with E-state index in [9.17, 15) is 9.59 Å². The Hall–Kier alpha value is -4.33. The van der Waals surface area contributed by atoms with Gasteiger partial charge in [0.15, 0.2) is 5.96 Å². The molecule has 0 fully saturated rings. The molecule has 0 radical (unpaired) electrons. The average Bonchev–Trinajstić information content (AvgIpc) is 3.19. The van der Waals surface area contributed by atoms with Crippen LogP contribution in [-0.4, -0.2) is 34.9 Å². The molecule has 0 aliphatic heterocycles. The third kappa shape index (κ3) is 5.43. The summed E-state index contributed by atoms with van der Waals surface area (Å²) in [6.45, 7) is 3.33. The van der Waals surface area contributed by atoms with E-state index < -0.39 is 6.04 Å². The predicted octanol–water partition coefficient (Wildman–Crippen LogP) is 3.61. The molecular weight excluding hydrogens is 440 g/mol. The van der Waals surface area contributed by atoms with E-state index in [4.69, 9.17) is 11.5 Å². The molecule has 0 saturated carbocycles. The van der Waals surface area contributed by atoms with Crippen LogP contribution >= 0.6 is 0 Å². The number of aryl methyl sites for hydroxylation is 1. The maximum atomic E-state index is 13.3. The molecule has 6 N–H and O–H groups in total. The molecule has 8 heteroatoms. The van der Waals surface area contributed by atoms with Crippen LogP contribution in [0.25, 0.3) is 21.8 Å². The molecule has 0 spiro atoms. The van der Waals surface area contributed by atoms with Crippen LogP contribution in [0.3, 0.4) is 0 Å². The number of carbonyl (C=O) groups excluding carboxylic acids is 2. The standard InChI is InChI=1S/C27H30N6O2/c1-2-33-23-13-7-6-11-20(23)21-17-19(14-15-24(21)33)31-26(35)22(12-8-16-30-27(28)29)32-25(34)18-9-4-3-5-10-18/h3-7,9-11,13-15,17,22H,2,8,12,16H2,1H3,(H,31,35)(H,32,34)(H4,28,29,30)/t22-/m0/s1. The monoisotopic (exact) mass is 470 g/mol. The number of fused-ring (bicyclic) bond motifs is 3. The Morgan fingerprint density at radius 2 is 1.66 bits per heavy atom. The van der Waals surface area contributed by atoms with Crippen molar-refractivity contribution in [3.05, 3.63) is 78.4 Å². The number of benzene rings is 3. The van der Waals surface area contributed by atoms with Gasteiger partial charge in [0.05, 0.1) is 0 Å². The molecule has 180 valence electrons. The zero-order chi connectivity index (χ0) is 24.8. The summed E-state index contributed by atoms with van der Waals surface area (Å²) in [7, 11) is 0. The summed E-state index contributed by atoms with van der Waals surface area (Å²) in [5.41, 5.74) is 14.2. The molecule has 3 aromatic carbocycles. The molecule has 1 heterocycles.